The molecule has 1 N–H and O–H groups in total. The van der Waals surface area contributed by atoms with E-state index in [1.165, 1.54) is 31.4 Å². The second-order valence-corrected chi connectivity index (χ2v) is 5.67. The van der Waals surface area contributed by atoms with Gasteiger partial charge in [-0.15, -0.1) is 0 Å². The van der Waals surface area contributed by atoms with Gasteiger partial charge >= 0.3 is 6.18 Å². The van der Waals surface area contributed by atoms with Crippen LogP contribution in [0.25, 0.3) is 0 Å². The first kappa shape index (κ1) is 18.0. The maximum Gasteiger partial charge on any atom is 0.416 e. The lowest BCUT2D eigenvalue weighted by Gasteiger charge is -2.20. The summed E-state index contributed by atoms with van der Waals surface area (Å²) in [5.74, 6) is 0.596. The Hall–Kier alpha value is -1.03. The fourth-order valence-electron chi connectivity index (χ4n) is 2.39. The largest absolute Gasteiger partial charge is 0.416 e. The highest BCUT2D eigenvalue weighted by Gasteiger charge is 2.30. The van der Waals surface area contributed by atoms with Gasteiger partial charge in [0.15, 0.2) is 0 Å². The number of hydrogen-bond acceptors (Lipinski definition) is 1. The van der Waals surface area contributed by atoms with E-state index >= 15 is 0 Å². The first-order valence-corrected chi connectivity index (χ1v) is 7.79. The van der Waals surface area contributed by atoms with Crippen LogP contribution in [0.5, 0.6) is 0 Å². The van der Waals surface area contributed by atoms with Crippen molar-refractivity contribution in [3.05, 3.63) is 35.4 Å². The first-order valence-electron chi connectivity index (χ1n) is 7.79. The topological polar surface area (TPSA) is 12.0 Å². The third-order valence-corrected chi connectivity index (χ3v) is 3.97. The molecule has 0 heterocycles. The zero-order valence-electron chi connectivity index (χ0n) is 13.1. The second kappa shape index (κ2) is 8.42. The lowest BCUT2D eigenvalue weighted by Crippen LogP contribution is -2.25. The average Bonchev–Trinajstić information content (AvgIpc) is 2.46. The molecule has 0 radical (unpaired) electrons. The van der Waals surface area contributed by atoms with Gasteiger partial charge in [-0.25, -0.2) is 0 Å². The predicted octanol–water partition coefficient (Wildman–Crippen LogP) is 5.57. The van der Waals surface area contributed by atoms with Gasteiger partial charge in [0, 0.05) is 6.04 Å². The molecule has 2 atom stereocenters. The number of rotatable bonds is 8. The summed E-state index contributed by atoms with van der Waals surface area (Å²) >= 11 is 0. The number of alkyl halides is 3. The highest BCUT2D eigenvalue weighted by atomic mass is 19.4. The Bertz CT molecular complexity index is 415. The summed E-state index contributed by atoms with van der Waals surface area (Å²) in [6, 6.07) is 5.52. The van der Waals surface area contributed by atoms with Crippen LogP contribution in [0.3, 0.4) is 0 Å². The van der Waals surface area contributed by atoms with Gasteiger partial charge in [-0.2, -0.15) is 13.2 Å². The molecule has 1 aromatic rings. The molecule has 1 rings (SSSR count). The molecule has 0 saturated carbocycles. The van der Waals surface area contributed by atoms with E-state index in [0.717, 1.165) is 19.0 Å². The van der Waals surface area contributed by atoms with Crippen molar-refractivity contribution in [3.8, 4) is 0 Å². The van der Waals surface area contributed by atoms with Crippen molar-refractivity contribution < 1.29 is 13.2 Å². The highest BCUT2D eigenvalue weighted by Crippen LogP contribution is 2.30. The van der Waals surface area contributed by atoms with Gasteiger partial charge in [0.05, 0.1) is 5.56 Å². The zero-order chi connectivity index (χ0) is 15.9. The summed E-state index contributed by atoms with van der Waals surface area (Å²) in [7, 11) is 0. The van der Waals surface area contributed by atoms with Gasteiger partial charge in [0.2, 0.25) is 0 Å². The molecule has 2 unspecified atom stereocenters. The quantitative estimate of drug-likeness (QED) is 0.661. The second-order valence-electron chi connectivity index (χ2n) is 5.67. The van der Waals surface area contributed by atoms with Crippen LogP contribution in [0.4, 0.5) is 13.2 Å². The van der Waals surface area contributed by atoms with Crippen LogP contribution in [0.2, 0.25) is 0 Å². The summed E-state index contributed by atoms with van der Waals surface area (Å²) in [5, 5.41) is 3.37. The standard InChI is InChI=1S/C17H26F3N/c1-4-6-8-14(5-2)12-21-13(3)15-9-7-10-16(11-15)17(18,19)20/h7,9-11,13-14,21H,4-6,8,12H2,1-3H3. The monoisotopic (exact) mass is 301 g/mol. The van der Waals surface area contributed by atoms with E-state index in [1.54, 1.807) is 6.07 Å². The molecule has 0 amide bonds. The normalized spacial score (nSPS) is 15.0. The molecule has 0 bridgehead atoms. The number of unbranched alkanes of at least 4 members (excludes halogenated alkanes) is 1. The van der Waals surface area contributed by atoms with Crippen LogP contribution in [0, 0.1) is 5.92 Å². The minimum absolute atomic E-state index is 0.0667. The Balaban J connectivity index is 2.61. The van der Waals surface area contributed by atoms with E-state index in [4.69, 9.17) is 0 Å². The van der Waals surface area contributed by atoms with Crippen molar-refractivity contribution in [1.29, 1.82) is 0 Å². The minimum Gasteiger partial charge on any atom is -0.310 e. The predicted molar refractivity (Wildman–Crippen MR) is 81.2 cm³/mol. The van der Waals surface area contributed by atoms with Gasteiger partial charge in [-0.05, 0) is 43.5 Å². The van der Waals surface area contributed by atoms with Crippen LogP contribution in [0.15, 0.2) is 24.3 Å². The van der Waals surface area contributed by atoms with Crippen molar-refractivity contribution in [2.24, 2.45) is 5.92 Å². The van der Waals surface area contributed by atoms with Gasteiger partial charge < -0.3 is 5.32 Å². The Morgan fingerprint density at radius 2 is 1.90 bits per heavy atom. The Morgan fingerprint density at radius 3 is 2.48 bits per heavy atom. The fraction of sp³-hybridized carbons (Fsp3) is 0.647. The molecule has 1 nitrogen and oxygen atoms in total. The highest BCUT2D eigenvalue weighted by molar-refractivity contribution is 5.27. The number of hydrogen-bond donors (Lipinski definition) is 1. The average molecular weight is 301 g/mol. The third-order valence-electron chi connectivity index (χ3n) is 3.97. The number of nitrogens with one attached hydrogen (secondary N) is 1. The molecule has 0 aromatic heterocycles. The molecule has 0 fully saturated rings. The minimum atomic E-state index is -4.27. The molecular weight excluding hydrogens is 275 g/mol. The molecular formula is C17H26F3N. The maximum atomic E-state index is 12.7. The third kappa shape index (κ3) is 6.08. The molecule has 21 heavy (non-hydrogen) atoms. The van der Waals surface area contributed by atoms with Gasteiger partial charge in [0.25, 0.3) is 0 Å². The van der Waals surface area contributed by atoms with Crippen molar-refractivity contribution in [1.82, 2.24) is 5.32 Å². The summed E-state index contributed by atoms with van der Waals surface area (Å²) in [6.45, 7) is 7.11. The molecule has 0 aliphatic rings. The lowest BCUT2D eigenvalue weighted by molar-refractivity contribution is -0.137. The molecule has 0 aliphatic heterocycles. The first-order chi connectivity index (χ1) is 9.88. The molecule has 4 heteroatoms. The van der Waals surface area contributed by atoms with Crippen molar-refractivity contribution in [3.63, 3.8) is 0 Å². The Labute approximate surface area is 125 Å². The van der Waals surface area contributed by atoms with Crippen LogP contribution < -0.4 is 5.32 Å². The summed E-state index contributed by atoms with van der Waals surface area (Å²) in [6.07, 6.45) is 0.387. The van der Waals surface area contributed by atoms with Crippen LogP contribution in [-0.2, 0) is 6.18 Å². The van der Waals surface area contributed by atoms with E-state index in [0.29, 0.717) is 11.5 Å². The number of benzene rings is 1. The maximum absolute atomic E-state index is 12.7. The van der Waals surface area contributed by atoms with Gasteiger partial charge in [-0.3, -0.25) is 0 Å². The molecule has 0 aliphatic carbocycles. The van der Waals surface area contributed by atoms with Crippen molar-refractivity contribution in [2.45, 2.75) is 58.7 Å². The van der Waals surface area contributed by atoms with Gasteiger partial charge in [-0.1, -0.05) is 45.2 Å². The SMILES string of the molecule is CCCCC(CC)CNC(C)c1cccc(C(F)(F)F)c1. The van der Waals surface area contributed by atoms with Crippen LogP contribution in [0.1, 0.15) is 63.6 Å². The molecule has 1 aromatic carbocycles. The molecule has 0 saturated heterocycles. The number of halogens is 3. The van der Waals surface area contributed by atoms with E-state index in [-0.39, 0.29) is 6.04 Å². The van der Waals surface area contributed by atoms with Crippen LogP contribution >= 0.6 is 0 Å². The fourth-order valence-corrected chi connectivity index (χ4v) is 2.39. The van der Waals surface area contributed by atoms with Gasteiger partial charge in [0.1, 0.15) is 0 Å². The van der Waals surface area contributed by atoms with E-state index in [1.807, 2.05) is 6.92 Å². The summed E-state index contributed by atoms with van der Waals surface area (Å²) in [4.78, 5) is 0. The van der Waals surface area contributed by atoms with Crippen molar-refractivity contribution >= 4 is 0 Å². The molecule has 120 valence electrons. The lowest BCUT2D eigenvalue weighted by atomic mass is 9.98. The smallest absolute Gasteiger partial charge is 0.310 e. The van der Waals surface area contributed by atoms with E-state index in [9.17, 15) is 13.2 Å². The summed E-state index contributed by atoms with van der Waals surface area (Å²) < 4.78 is 38.2. The van der Waals surface area contributed by atoms with E-state index < -0.39 is 11.7 Å². The zero-order valence-corrected chi connectivity index (χ0v) is 13.1. The van der Waals surface area contributed by atoms with Crippen molar-refractivity contribution in [2.75, 3.05) is 6.54 Å². The van der Waals surface area contributed by atoms with Crippen LogP contribution in [-0.4, -0.2) is 6.54 Å². The molecule has 0 spiro atoms. The Kier molecular flexibility index (Phi) is 7.23. The van der Waals surface area contributed by atoms with E-state index in [2.05, 4.69) is 19.2 Å². The summed E-state index contributed by atoms with van der Waals surface area (Å²) in [5.41, 5.74) is 0.113. The Morgan fingerprint density at radius 1 is 1.19 bits per heavy atom.